The Hall–Kier alpha value is -1.19. The van der Waals surface area contributed by atoms with Crippen molar-refractivity contribution < 1.29 is 4.79 Å². The number of rotatable bonds is 3. The first-order valence-electron chi connectivity index (χ1n) is 4.85. The molecule has 0 unspecified atom stereocenters. The Morgan fingerprint density at radius 2 is 2.19 bits per heavy atom. The Morgan fingerprint density at radius 3 is 2.81 bits per heavy atom. The Balaban J connectivity index is 2.17. The fourth-order valence-electron chi connectivity index (χ4n) is 1.40. The van der Waals surface area contributed by atoms with Gasteiger partial charge in [0.1, 0.15) is 5.69 Å². The van der Waals surface area contributed by atoms with Crippen molar-refractivity contribution in [1.82, 2.24) is 4.98 Å². The van der Waals surface area contributed by atoms with Crippen molar-refractivity contribution in [1.29, 1.82) is 0 Å². The highest BCUT2D eigenvalue weighted by Gasteiger charge is 2.11. The van der Waals surface area contributed by atoms with Crippen molar-refractivity contribution in [2.24, 2.45) is 0 Å². The molecule has 0 aliphatic carbocycles. The normalized spacial score (nSPS) is 10.4. The number of nitrogens with zero attached hydrogens (tertiary/aromatic N) is 1. The van der Waals surface area contributed by atoms with E-state index in [0.29, 0.717) is 17.1 Å². The number of halogens is 1. The average molecular weight is 252 g/mol. The summed E-state index contributed by atoms with van der Waals surface area (Å²) < 4.78 is 0. The maximum absolute atomic E-state index is 11.9. The lowest BCUT2D eigenvalue weighted by molar-refractivity contribution is 0.0989. The molecule has 0 aliphatic heterocycles. The molecule has 0 radical (unpaired) electrons. The van der Waals surface area contributed by atoms with Crippen LogP contribution in [0.2, 0.25) is 5.02 Å². The first-order chi connectivity index (χ1) is 7.66. The summed E-state index contributed by atoms with van der Waals surface area (Å²) in [6, 6.07) is 7.38. The Labute approximate surface area is 103 Å². The minimum atomic E-state index is 0.0115. The van der Waals surface area contributed by atoms with Crippen LogP contribution in [0.25, 0.3) is 0 Å². The average Bonchev–Trinajstić information content (AvgIpc) is 2.68. The highest BCUT2D eigenvalue weighted by molar-refractivity contribution is 7.09. The molecule has 1 aromatic heterocycles. The third-order valence-electron chi connectivity index (χ3n) is 2.21. The van der Waals surface area contributed by atoms with E-state index in [1.807, 2.05) is 25.1 Å². The molecule has 2 aromatic rings. The molecule has 1 aromatic carbocycles. The summed E-state index contributed by atoms with van der Waals surface area (Å²) in [6.07, 6.45) is 0.308. The first-order valence-corrected chi connectivity index (χ1v) is 6.11. The van der Waals surface area contributed by atoms with Gasteiger partial charge >= 0.3 is 0 Å². The standard InChI is InChI=1S/C12H10ClNOS/c1-8-14-11(7-16-8)12(15)6-9-4-2-3-5-10(9)13/h2-5,7H,6H2,1H3. The molecule has 4 heteroatoms. The molecule has 0 saturated heterocycles. The number of hydrogen-bond acceptors (Lipinski definition) is 3. The van der Waals surface area contributed by atoms with Gasteiger partial charge in [0, 0.05) is 16.8 Å². The molecule has 2 rings (SSSR count). The van der Waals surface area contributed by atoms with Crippen LogP contribution in [0, 0.1) is 6.92 Å². The predicted molar refractivity (Wildman–Crippen MR) is 66.3 cm³/mol. The maximum Gasteiger partial charge on any atom is 0.186 e. The van der Waals surface area contributed by atoms with Crippen molar-refractivity contribution in [2.45, 2.75) is 13.3 Å². The molecule has 0 fully saturated rings. The van der Waals surface area contributed by atoms with Crippen LogP contribution in [0.1, 0.15) is 21.1 Å². The molecule has 0 spiro atoms. The predicted octanol–water partition coefficient (Wildman–Crippen LogP) is 3.53. The van der Waals surface area contributed by atoms with Crippen molar-refractivity contribution in [3.05, 3.63) is 50.9 Å². The summed E-state index contributed by atoms with van der Waals surface area (Å²) >= 11 is 7.47. The Morgan fingerprint density at radius 1 is 1.44 bits per heavy atom. The second-order valence-corrected chi connectivity index (χ2v) is 4.91. The first kappa shape index (κ1) is 11.3. The van der Waals surface area contributed by atoms with Gasteiger partial charge in [0.2, 0.25) is 0 Å². The smallest absolute Gasteiger partial charge is 0.186 e. The molecule has 2 nitrogen and oxygen atoms in total. The molecule has 0 N–H and O–H groups in total. The third kappa shape index (κ3) is 2.49. The summed E-state index contributed by atoms with van der Waals surface area (Å²) in [5.74, 6) is 0.0115. The number of ketones is 1. The largest absolute Gasteiger partial charge is 0.292 e. The number of benzene rings is 1. The van der Waals surface area contributed by atoms with E-state index in [4.69, 9.17) is 11.6 Å². The number of aryl methyl sites for hydroxylation is 1. The zero-order chi connectivity index (χ0) is 11.5. The van der Waals surface area contributed by atoms with Crippen LogP contribution in [0.15, 0.2) is 29.6 Å². The number of Topliss-reactive ketones (excluding diaryl/α,β-unsaturated/α-hetero) is 1. The van der Waals surface area contributed by atoms with Crippen molar-refractivity contribution in [3.8, 4) is 0 Å². The Kier molecular flexibility index (Phi) is 3.36. The quantitative estimate of drug-likeness (QED) is 0.781. The Bertz CT molecular complexity index is 521. The van der Waals surface area contributed by atoms with E-state index in [-0.39, 0.29) is 5.78 Å². The fraction of sp³-hybridized carbons (Fsp3) is 0.167. The third-order valence-corrected chi connectivity index (χ3v) is 3.36. The second-order valence-electron chi connectivity index (χ2n) is 3.44. The summed E-state index contributed by atoms with van der Waals surface area (Å²) in [7, 11) is 0. The van der Waals surface area contributed by atoms with Gasteiger partial charge in [0.15, 0.2) is 5.78 Å². The maximum atomic E-state index is 11.9. The number of hydrogen-bond donors (Lipinski definition) is 0. The van der Waals surface area contributed by atoms with E-state index in [1.54, 1.807) is 11.4 Å². The van der Waals surface area contributed by atoms with Gasteiger partial charge in [0.05, 0.1) is 5.01 Å². The van der Waals surface area contributed by atoms with E-state index in [0.717, 1.165) is 10.6 Å². The lowest BCUT2D eigenvalue weighted by Crippen LogP contribution is -2.04. The zero-order valence-electron chi connectivity index (χ0n) is 8.74. The zero-order valence-corrected chi connectivity index (χ0v) is 10.3. The second kappa shape index (κ2) is 4.76. The highest BCUT2D eigenvalue weighted by Crippen LogP contribution is 2.18. The summed E-state index contributed by atoms with van der Waals surface area (Å²) in [5.41, 5.74) is 1.38. The molecule has 16 heavy (non-hydrogen) atoms. The fourth-order valence-corrected chi connectivity index (χ4v) is 2.22. The molecule has 1 heterocycles. The number of carbonyl (C=O) groups is 1. The molecular weight excluding hydrogens is 242 g/mol. The van der Waals surface area contributed by atoms with Crippen molar-refractivity contribution >= 4 is 28.7 Å². The van der Waals surface area contributed by atoms with Crippen LogP contribution in [-0.2, 0) is 6.42 Å². The van der Waals surface area contributed by atoms with E-state index < -0.39 is 0 Å². The van der Waals surface area contributed by atoms with E-state index in [2.05, 4.69) is 4.98 Å². The van der Waals surface area contributed by atoms with E-state index >= 15 is 0 Å². The molecule has 0 atom stereocenters. The highest BCUT2D eigenvalue weighted by atomic mass is 35.5. The van der Waals surface area contributed by atoms with Gasteiger partial charge in [-0.1, -0.05) is 29.8 Å². The van der Waals surface area contributed by atoms with Gasteiger partial charge in [-0.05, 0) is 18.6 Å². The van der Waals surface area contributed by atoms with Gasteiger partial charge in [-0.3, -0.25) is 4.79 Å². The van der Waals surface area contributed by atoms with Crippen LogP contribution in [0.5, 0.6) is 0 Å². The molecule has 0 amide bonds. The van der Waals surface area contributed by atoms with Gasteiger partial charge in [-0.25, -0.2) is 4.98 Å². The number of thiazole rings is 1. The topological polar surface area (TPSA) is 30.0 Å². The van der Waals surface area contributed by atoms with Crippen molar-refractivity contribution in [2.75, 3.05) is 0 Å². The van der Waals surface area contributed by atoms with Gasteiger partial charge in [-0.15, -0.1) is 11.3 Å². The molecule has 0 saturated carbocycles. The van der Waals surface area contributed by atoms with Gasteiger partial charge in [0.25, 0.3) is 0 Å². The summed E-state index contributed by atoms with van der Waals surface area (Å²) in [4.78, 5) is 16.0. The van der Waals surface area contributed by atoms with E-state index in [9.17, 15) is 4.79 Å². The lowest BCUT2D eigenvalue weighted by Gasteiger charge is -2.01. The van der Waals surface area contributed by atoms with Crippen LogP contribution >= 0.6 is 22.9 Å². The van der Waals surface area contributed by atoms with Crippen LogP contribution < -0.4 is 0 Å². The minimum Gasteiger partial charge on any atom is -0.292 e. The van der Waals surface area contributed by atoms with E-state index in [1.165, 1.54) is 11.3 Å². The lowest BCUT2D eigenvalue weighted by atomic mass is 10.1. The molecular formula is C12H10ClNOS. The van der Waals surface area contributed by atoms with Crippen LogP contribution in [0.3, 0.4) is 0 Å². The van der Waals surface area contributed by atoms with Crippen molar-refractivity contribution in [3.63, 3.8) is 0 Å². The summed E-state index contributed by atoms with van der Waals surface area (Å²) in [6.45, 7) is 1.89. The molecule has 82 valence electrons. The van der Waals surface area contributed by atoms with Gasteiger partial charge < -0.3 is 0 Å². The van der Waals surface area contributed by atoms with Crippen LogP contribution in [0.4, 0.5) is 0 Å². The summed E-state index contributed by atoms with van der Waals surface area (Å²) in [5, 5.41) is 3.32. The molecule has 0 aliphatic rings. The number of aromatic nitrogens is 1. The monoisotopic (exact) mass is 251 g/mol. The SMILES string of the molecule is Cc1nc(C(=O)Cc2ccccc2Cl)cs1. The number of carbonyl (C=O) groups excluding carboxylic acids is 1. The minimum absolute atomic E-state index is 0.0115. The van der Waals surface area contributed by atoms with Gasteiger partial charge in [-0.2, -0.15) is 0 Å². The van der Waals surface area contributed by atoms with Crippen LogP contribution in [-0.4, -0.2) is 10.8 Å². The molecule has 0 bridgehead atoms.